The van der Waals surface area contributed by atoms with Crippen LogP contribution < -0.4 is 10.6 Å². The fraction of sp³-hybridized carbons (Fsp3) is 0.370. The summed E-state index contributed by atoms with van der Waals surface area (Å²) in [4.78, 5) is 28.7. The number of esters is 1. The SMILES string of the molecule is C/C=C(Cl)\C(=N/C(C)Cl)Nc1cc(CCc2cccc(NC(=O)OC(C)(C)C)c2)cc(C(=O)OC)c1. The van der Waals surface area contributed by atoms with Crippen molar-refractivity contribution in [2.75, 3.05) is 17.7 Å². The predicted octanol–water partition coefficient (Wildman–Crippen LogP) is 7.14. The largest absolute Gasteiger partial charge is 0.465 e. The molecule has 2 aromatic rings. The summed E-state index contributed by atoms with van der Waals surface area (Å²) < 4.78 is 10.2. The molecule has 1 atom stereocenters. The van der Waals surface area contributed by atoms with Crippen LogP contribution in [0.1, 0.15) is 56.1 Å². The molecule has 0 saturated heterocycles. The van der Waals surface area contributed by atoms with Gasteiger partial charge >= 0.3 is 12.1 Å². The van der Waals surface area contributed by atoms with Crippen molar-refractivity contribution in [2.45, 2.75) is 58.6 Å². The van der Waals surface area contributed by atoms with Crippen LogP contribution in [0.2, 0.25) is 0 Å². The van der Waals surface area contributed by atoms with E-state index in [-0.39, 0.29) is 0 Å². The Morgan fingerprint density at radius 1 is 1.06 bits per heavy atom. The number of allylic oxidation sites excluding steroid dienone is 1. The normalized spacial score (nSPS) is 13.1. The highest BCUT2D eigenvalue weighted by atomic mass is 35.5. The molecule has 0 aromatic heterocycles. The smallest absolute Gasteiger partial charge is 0.412 e. The molecule has 0 heterocycles. The van der Waals surface area contributed by atoms with E-state index < -0.39 is 23.2 Å². The first-order valence-corrected chi connectivity index (χ1v) is 12.3. The highest BCUT2D eigenvalue weighted by molar-refractivity contribution is 6.45. The van der Waals surface area contributed by atoms with Crippen molar-refractivity contribution in [2.24, 2.45) is 4.99 Å². The third-order valence-corrected chi connectivity index (χ3v) is 5.23. The summed E-state index contributed by atoms with van der Waals surface area (Å²) in [6.07, 6.45) is 2.49. The topological polar surface area (TPSA) is 89.0 Å². The van der Waals surface area contributed by atoms with E-state index in [1.54, 1.807) is 38.1 Å². The molecule has 2 rings (SSSR count). The second-order valence-corrected chi connectivity index (χ2v) is 10.1. The molecular weight excluding hydrogens is 501 g/mol. The van der Waals surface area contributed by atoms with Gasteiger partial charge in [-0.05, 0) is 88.9 Å². The molecule has 9 heteroatoms. The Balaban J connectivity index is 2.24. The Kier molecular flexibility index (Phi) is 10.8. The van der Waals surface area contributed by atoms with Crippen LogP contribution in [-0.4, -0.2) is 36.1 Å². The van der Waals surface area contributed by atoms with Crippen LogP contribution in [-0.2, 0) is 22.3 Å². The molecule has 0 aliphatic carbocycles. The summed E-state index contributed by atoms with van der Waals surface area (Å²) in [5.41, 5.74) is 2.51. The van der Waals surface area contributed by atoms with Gasteiger partial charge in [0.25, 0.3) is 0 Å². The van der Waals surface area contributed by atoms with Gasteiger partial charge in [-0.15, -0.1) is 0 Å². The fourth-order valence-corrected chi connectivity index (χ4v) is 3.46. The Morgan fingerprint density at radius 3 is 2.33 bits per heavy atom. The summed E-state index contributed by atoms with van der Waals surface area (Å²) in [6.45, 7) is 8.95. The number of amides is 1. The van der Waals surface area contributed by atoms with Crippen molar-refractivity contribution in [1.29, 1.82) is 0 Å². The van der Waals surface area contributed by atoms with Crippen molar-refractivity contribution >= 4 is 52.5 Å². The van der Waals surface area contributed by atoms with E-state index in [0.29, 0.717) is 40.6 Å². The molecule has 2 N–H and O–H groups in total. The summed E-state index contributed by atoms with van der Waals surface area (Å²) in [5, 5.41) is 6.33. The van der Waals surface area contributed by atoms with Crippen molar-refractivity contribution in [1.82, 2.24) is 0 Å². The minimum absolute atomic E-state index is 0.396. The third kappa shape index (κ3) is 9.91. The maximum atomic E-state index is 12.3. The molecule has 0 fully saturated rings. The number of nitrogens with zero attached hydrogens (tertiary/aromatic N) is 1. The number of benzene rings is 2. The molecule has 2 aromatic carbocycles. The second-order valence-electron chi connectivity index (χ2n) is 9.05. The maximum absolute atomic E-state index is 12.3. The average Bonchev–Trinajstić information content (AvgIpc) is 2.79. The summed E-state index contributed by atoms with van der Waals surface area (Å²) in [5.74, 6) is -0.0552. The van der Waals surface area contributed by atoms with Gasteiger partial charge in [0.05, 0.1) is 17.7 Å². The number of hydrogen-bond acceptors (Lipinski definition) is 5. The highest BCUT2D eigenvalue weighted by Crippen LogP contribution is 2.21. The van der Waals surface area contributed by atoms with Gasteiger partial charge in [-0.3, -0.25) is 5.32 Å². The van der Waals surface area contributed by atoms with Gasteiger partial charge in [-0.2, -0.15) is 0 Å². The summed E-state index contributed by atoms with van der Waals surface area (Å²) in [6, 6.07) is 12.9. The van der Waals surface area contributed by atoms with Gasteiger partial charge < -0.3 is 14.8 Å². The van der Waals surface area contributed by atoms with Crippen LogP contribution in [0.4, 0.5) is 16.2 Å². The number of nitrogens with one attached hydrogen (secondary N) is 2. The average molecular weight is 534 g/mol. The molecule has 0 saturated carbocycles. The van der Waals surface area contributed by atoms with Crippen LogP contribution in [0.15, 0.2) is 58.6 Å². The number of alkyl halides is 1. The van der Waals surface area contributed by atoms with Crippen LogP contribution in [0.3, 0.4) is 0 Å². The molecule has 194 valence electrons. The van der Waals surface area contributed by atoms with E-state index >= 15 is 0 Å². The van der Waals surface area contributed by atoms with E-state index in [9.17, 15) is 9.59 Å². The number of ether oxygens (including phenoxy) is 2. The molecule has 0 radical (unpaired) electrons. The highest BCUT2D eigenvalue weighted by Gasteiger charge is 2.16. The van der Waals surface area contributed by atoms with Crippen molar-refractivity contribution < 1.29 is 19.1 Å². The zero-order valence-electron chi connectivity index (χ0n) is 21.4. The number of anilines is 2. The van der Waals surface area contributed by atoms with E-state index in [1.165, 1.54) is 7.11 Å². The van der Waals surface area contributed by atoms with E-state index in [1.807, 2.05) is 45.0 Å². The van der Waals surface area contributed by atoms with E-state index in [4.69, 9.17) is 32.7 Å². The molecule has 1 unspecified atom stereocenters. The molecule has 36 heavy (non-hydrogen) atoms. The van der Waals surface area contributed by atoms with Crippen LogP contribution in [0.25, 0.3) is 0 Å². The van der Waals surface area contributed by atoms with Gasteiger partial charge in [0.1, 0.15) is 16.9 Å². The number of aryl methyl sites for hydroxylation is 2. The molecule has 1 amide bonds. The number of amidine groups is 1. The lowest BCUT2D eigenvalue weighted by molar-refractivity contribution is 0.0598. The Morgan fingerprint density at radius 2 is 1.72 bits per heavy atom. The quantitative estimate of drug-likeness (QED) is 0.124. The minimum Gasteiger partial charge on any atom is -0.465 e. The number of carbonyl (C=O) groups excluding carboxylic acids is 2. The Hall–Kier alpha value is -3.03. The lowest BCUT2D eigenvalue weighted by Crippen LogP contribution is -2.27. The van der Waals surface area contributed by atoms with Crippen LogP contribution >= 0.6 is 23.2 Å². The van der Waals surface area contributed by atoms with Gasteiger partial charge in [-0.1, -0.05) is 41.4 Å². The molecule has 0 aliphatic heterocycles. The zero-order chi connectivity index (χ0) is 26.9. The van der Waals surface area contributed by atoms with Crippen LogP contribution in [0, 0.1) is 0 Å². The van der Waals surface area contributed by atoms with Crippen LogP contribution in [0.5, 0.6) is 0 Å². The first-order valence-electron chi connectivity index (χ1n) is 11.5. The minimum atomic E-state index is -0.582. The van der Waals surface area contributed by atoms with E-state index in [2.05, 4.69) is 15.6 Å². The Bertz CT molecular complexity index is 1140. The lowest BCUT2D eigenvalue weighted by atomic mass is 10.0. The molecule has 0 spiro atoms. The molecule has 7 nitrogen and oxygen atoms in total. The molecule has 0 bridgehead atoms. The number of hydrogen-bond donors (Lipinski definition) is 2. The van der Waals surface area contributed by atoms with Gasteiger partial charge in [-0.25, -0.2) is 14.6 Å². The first-order chi connectivity index (χ1) is 16.9. The number of rotatable bonds is 8. The number of carbonyl (C=O) groups is 2. The number of halogens is 2. The summed E-state index contributed by atoms with van der Waals surface area (Å²) in [7, 11) is 1.34. The maximum Gasteiger partial charge on any atom is 0.412 e. The van der Waals surface area contributed by atoms with Gasteiger partial charge in [0.2, 0.25) is 0 Å². The van der Waals surface area contributed by atoms with Crippen molar-refractivity contribution in [3.8, 4) is 0 Å². The first kappa shape index (κ1) is 29.2. The number of methoxy groups -OCH3 is 1. The third-order valence-electron chi connectivity index (χ3n) is 4.74. The van der Waals surface area contributed by atoms with Crippen molar-refractivity contribution in [3.63, 3.8) is 0 Å². The fourth-order valence-electron chi connectivity index (χ4n) is 3.26. The lowest BCUT2D eigenvalue weighted by Gasteiger charge is -2.19. The second kappa shape index (κ2) is 13.3. The molecule has 0 aliphatic rings. The monoisotopic (exact) mass is 533 g/mol. The zero-order valence-corrected chi connectivity index (χ0v) is 23.0. The summed E-state index contributed by atoms with van der Waals surface area (Å²) >= 11 is 12.3. The predicted molar refractivity (Wildman–Crippen MR) is 147 cm³/mol. The van der Waals surface area contributed by atoms with E-state index in [0.717, 1.165) is 11.1 Å². The van der Waals surface area contributed by atoms with Gasteiger partial charge in [0, 0.05) is 11.4 Å². The standard InChI is InChI=1S/C27H33Cl2N3O4/c1-7-23(29)24(30-17(2)28)31-22-15-19(13-20(16-22)25(33)35-6)12-11-18-9-8-10-21(14-18)32-26(34)36-27(3,4)5/h7-10,13-17H,11-12H2,1-6H3,(H,30,31)(H,32,34)/b23-7+. The van der Waals surface area contributed by atoms with Crippen molar-refractivity contribution in [3.05, 3.63) is 70.3 Å². The molecular formula is C27H33Cl2N3O4. The Labute approximate surface area is 222 Å². The number of aliphatic imine (C=N–C) groups is 1. The van der Waals surface area contributed by atoms with Gasteiger partial charge in [0.15, 0.2) is 0 Å².